The number of ether oxygens (including phenoxy) is 1. The number of carbonyl (C=O) groups excluding carboxylic acids is 1. The smallest absolute Gasteiger partial charge is 0.220 e. The molecule has 3 nitrogen and oxygen atoms in total. The molecule has 2 aromatic carbocycles. The SMILES string of the molecule is Cc1cc(OCCCC(=O)NCc2ccccc2)c(Br)c(C)c1Cl. The van der Waals surface area contributed by atoms with Crippen LogP contribution in [0.15, 0.2) is 40.9 Å². The molecule has 5 heteroatoms. The second-order valence-corrected chi connectivity index (χ2v) is 6.83. The Kier molecular flexibility index (Phi) is 7.13. The Balaban J connectivity index is 1.74. The topological polar surface area (TPSA) is 38.3 Å². The van der Waals surface area contributed by atoms with Crippen LogP contribution in [0.4, 0.5) is 0 Å². The molecule has 24 heavy (non-hydrogen) atoms. The zero-order valence-electron chi connectivity index (χ0n) is 13.9. The van der Waals surface area contributed by atoms with Crippen LogP contribution < -0.4 is 10.1 Å². The maximum atomic E-state index is 11.9. The summed E-state index contributed by atoms with van der Waals surface area (Å²) >= 11 is 9.71. The highest BCUT2D eigenvalue weighted by Gasteiger charge is 2.11. The Bertz CT molecular complexity index is 704. The van der Waals surface area contributed by atoms with Gasteiger partial charge in [0, 0.05) is 18.0 Å². The Morgan fingerprint density at radius 2 is 1.96 bits per heavy atom. The Hall–Kier alpha value is -1.52. The first-order valence-electron chi connectivity index (χ1n) is 7.87. The molecule has 0 saturated heterocycles. The van der Waals surface area contributed by atoms with Crippen molar-refractivity contribution in [1.82, 2.24) is 5.32 Å². The number of halogens is 2. The van der Waals surface area contributed by atoms with Crippen LogP contribution in [0.5, 0.6) is 5.75 Å². The molecule has 2 aromatic rings. The first-order valence-corrected chi connectivity index (χ1v) is 9.04. The second-order valence-electron chi connectivity index (χ2n) is 5.66. The minimum atomic E-state index is 0.0324. The predicted octanol–water partition coefficient (Wildman–Crippen LogP) is 5.19. The van der Waals surface area contributed by atoms with Crippen molar-refractivity contribution in [2.45, 2.75) is 33.2 Å². The molecule has 0 atom stereocenters. The summed E-state index contributed by atoms with van der Waals surface area (Å²) in [4.78, 5) is 11.9. The quantitative estimate of drug-likeness (QED) is 0.638. The van der Waals surface area contributed by atoms with E-state index < -0.39 is 0 Å². The molecule has 0 saturated carbocycles. The van der Waals surface area contributed by atoms with E-state index in [0.717, 1.165) is 31.9 Å². The summed E-state index contributed by atoms with van der Waals surface area (Å²) in [7, 11) is 0. The van der Waals surface area contributed by atoms with E-state index in [0.29, 0.717) is 26.0 Å². The van der Waals surface area contributed by atoms with Gasteiger partial charge in [-0.1, -0.05) is 41.9 Å². The van der Waals surface area contributed by atoms with E-state index in [9.17, 15) is 4.79 Å². The van der Waals surface area contributed by atoms with Gasteiger partial charge in [-0.2, -0.15) is 0 Å². The zero-order valence-corrected chi connectivity index (χ0v) is 16.2. The first kappa shape index (κ1) is 18.8. The van der Waals surface area contributed by atoms with Gasteiger partial charge in [0.2, 0.25) is 5.91 Å². The van der Waals surface area contributed by atoms with Crippen molar-refractivity contribution in [2.24, 2.45) is 0 Å². The molecule has 0 aliphatic rings. The van der Waals surface area contributed by atoms with E-state index >= 15 is 0 Å². The predicted molar refractivity (Wildman–Crippen MR) is 102 cm³/mol. The van der Waals surface area contributed by atoms with Crippen LogP contribution in [0, 0.1) is 13.8 Å². The van der Waals surface area contributed by atoms with E-state index in [2.05, 4.69) is 21.2 Å². The van der Waals surface area contributed by atoms with Crippen molar-refractivity contribution < 1.29 is 9.53 Å². The van der Waals surface area contributed by atoms with E-state index in [1.54, 1.807) is 0 Å². The largest absolute Gasteiger partial charge is 0.492 e. The van der Waals surface area contributed by atoms with Gasteiger partial charge in [-0.25, -0.2) is 0 Å². The van der Waals surface area contributed by atoms with Crippen molar-refractivity contribution in [2.75, 3.05) is 6.61 Å². The summed E-state index contributed by atoms with van der Waals surface area (Å²) in [6, 6.07) is 11.8. The second kappa shape index (κ2) is 9.09. The Morgan fingerprint density at radius 3 is 2.67 bits per heavy atom. The standard InChI is InChI=1S/C19H21BrClNO2/c1-13-11-16(18(20)14(2)19(13)21)24-10-6-9-17(23)22-12-15-7-4-3-5-8-15/h3-5,7-8,11H,6,9-10,12H2,1-2H3,(H,22,23). The number of nitrogens with one attached hydrogen (secondary N) is 1. The molecule has 2 rings (SSSR count). The van der Waals surface area contributed by atoms with Crippen molar-refractivity contribution in [3.8, 4) is 5.75 Å². The van der Waals surface area contributed by atoms with Crippen molar-refractivity contribution in [3.05, 3.63) is 62.6 Å². The molecule has 0 aromatic heterocycles. The minimum Gasteiger partial charge on any atom is -0.492 e. The summed E-state index contributed by atoms with van der Waals surface area (Å²) in [5.41, 5.74) is 3.04. The summed E-state index contributed by atoms with van der Waals surface area (Å²) in [6.07, 6.45) is 1.10. The fraction of sp³-hybridized carbons (Fsp3) is 0.316. The van der Waals surface area contributed by atoms with Gasteiger partial charge in [-0.05, 0) is 59.0 Å². The Labute approximate surface area is 156 Å². The molecule has 1 N–H and O–H groups in total. The molecule has 0 aliphatic heterocycles. The van der Waals surface area contributed by atoms with Crippen LogP contribution in [-0.4, -0.2) is 12.5 Å². The molecular formula is C19H21BrClNO2. The first-order chi connectivity index (χ1) is 11.5. The zero-order chi connectivity index (χ0) is 17.5. The van der Waals surface area contributed by atoms with Crippen LogP contribution in [-0.2, 0) is 11.3 Å². The maximum Gasteiger partial charge on any atom is 0.220 e. The van der Waals surface area contributed by atoms with Crippen LogP contribution in [0.2, 0.25) is 5.02 Å². The number of rotatable bonds is 7. The normalized spacial score (nSPS) is 10.5. The summed E-state index contributed by atoms with van der Waals surface area (Å²) in [5, 5.41) is 3.66. The average Bonchev–Trinajstić information content (AvgIpc) is 2.60. The van der Waals surface area contributed by atoms with Gasteiger partial charge >= 0.3 is 0 Å². The van der Waals surface area contributed by atoms with Crippen LogP contribution in [0.25, 0.3) is 0 Å². The fourth-order valence-electron chi connectivity index (χ4n) is 2.31. The van der Waals surface area contributed by atoms with E-state index in [-0.39, 0.29) is 5.91 Å². The number of carbonyl (C=O) groups is 1. The van der Waals surface area contributed by atoms with Gasteiger partial charge in [-0.15, -0.1) is 0 Å². The minimum absolute atomic E-state index is 0.0324. The number of hydrogen-bond donors (Lipinski definition) is 1. The molecule has 128 valence electrons. The molecule has 0 bridgehead atoms. The summed E-state index contributed by atoms with van der Waals surface area (Å²) in [6.45, 7) is 4.94. The van der Waals surface area contributed by atoms with E-state index in [1.807, 2.05) is 50.2 Å². The molecule has 0 unspecified atom stereocenters. The highest BCUT2D eigenvalue weighted by atomic mass is 79.9. The van der Waals surface area contributed by atoms with Gasteiger partial charge in [0.15, 0.2) is 0 Å². The number of hydrogen-bond acceptors (Lipinski definition) is 2. The number of aryl methyl sites for hydroxylation is 1. The van der Waals surface area contributed by atoms with Crippen LogP contribution >= 0.6 is 27.5 Å². The number of benzene rings is 2. The van der Waals surface area contributed by atoms with E-state index in [1.165, 1.54) is 0 Å². The van der Waals surface area contributed by atoms with Crippen molar-refractivity contribution in [1.29, 1.82) is 0 Å². The molecule has 0 spiro atoms. The van der Waals surface area contributed by atoms with Crippen molar-refractivity contribution >= 4 is 33.4 Å². The van der Waals surface area contributed by atoms with E-state index in [4.69, 9.17) is 16.3 Å². The van der Waals surface area contributed by atoms with Crippen molar-refractivity contribution in [3.63, 3.8) is 0 Å². The van der Waals surface area contributed by atoms with Crippen LogP contribution in [0.1, 0.15) is 29.5 Å². The lowest BCUT2D eigenvalue weighted by atomic mass is 10.1. The lowest BCUT2D eigenvalue weighted by Crippen LogP contribution is -2.22. The highest BCUT2D eigenvalue weighted by molar-refractivity contribution is 9.10. The lowest BCUT2D eigenvalue weighted by Gasteiger charge is -2.13. The molecule has 0 radical (unpaired) electrons. The van der Waals surface area contributed by atoms with Gasteiger partial charge in [-0.3, -0.25) is 4.79 Å². The third-order valence-electron chi connectivity index (χ3n) is 3.71. The van der Waals surface area contributed by atoms with Gasteiger partial charge in [0.05, 0.1) is 11.1 Å². The van der Waals surface area contributed by atoms with Gasteiger partial charge < -0.3 is 10.1 Å². The molecule has 0 heterocycles. The monoisotopic (exact) mass is 409 g/mol. The third-order valence-corrected chi connectivity index (χ3v) is 5.27. The summed E-state index contributed by atoms with van der Waals surface area (Å²) in [5.74, 6) is 0.795. The molecule has 0 fully saturated rings. The number of amides is 1. The molecule has 0 aliphatic carbocycles. The van der Waals surface area contributed by atoms with Gasteiger partial charge in [0.1, 0.15) is 5.75 Å². The maximum absolute atomic E-state index is 11.9. The average molecular weight is 411 g/mol. The fourth-order valence-corrected chi connectivity index (χ4v) is 3.00. The van der Waals surface area contributed by atoms with Gasteiger partial charge in [0.25, 0.3) is 0 Å². The lowest BCUT2D eigenvalue weighted by molar-refractivity contribution is -0.121. The van der Waals surface area contributed by atoms with Crippen LogP contribution in [0.3, 0.4) is 0 Å². The molecule has 1 amide bonds. The summed E-state index contributed by atoms with van der Waals surface area (Å²) < 4.78 is 6.65. The molecular weight excluding hydrogens is 390 g/mol. The highest BCUT2D eigenvalue weighted by Crippen LogP contribution is 2.35. The Morgan fingerprint density at radius 1 is 1.25 bits per heavy atom. The third kappa shape index (κ3) is 5.25.